The summed E-state index contributed by atoms with van der Waals surface area (Å²) in [7, 11) is 0. The Balaban J connectivity index is 1.16. The molecule has 0 bridgehead atoms. The van der Waals surface area contributed by atoms with Crippen LogP contribution in [0.25, 0.3) is 12.2 Å². The molecule has 0 radical (unpaired) electrons. The van der Waals surface area contributed by atoms with Gasteiger partial charge in [0.2, 0.25) is 5.91 Å². The zero-order valence-corrected chi connectivity index (χ0v) is 29.2. The molecule has 3 heterocycles. The summed E-state index contributed by atoms with van der Waals surface area (Å²) in [5.74, 6) is 4.41. The molecule has 9 heteroatoms. The number of unbranched alkanes of at least 4 members (excludes halogenated alkanes) is 1. The van der Waals surface area contributed by atoms with Crippen LogP contribution in [0, 0.1) is 17.8 Å². The summed E-state index contributed by atoms with van der Waals surface area (Å²) < 4.78 is 0. The topological polar surface area (TPSA) is 125 Å². The minimum atomic E-state index is -0.887. The number of nitrogens with zero attached hydrogens (tertiary/aromatic N) is 3. The molecule has 5 rings (SSSR count). The number of hydrogen-bond acceptors (Lipinski definition) is 7. The van der Waals surface area contributed by atoms with E-state index in [0.29, 0.717) is 48.4 Å². The second-order valence-electron chi connectivity index (χ2n) is 12.4. The van der Waals surface area contributed by atoms with Gasteiger partial charge >= 0.3 is 0 Å². The quantitative estimate of drug-likeness (QED) is 0.0530. The molecule has 0 spiro atoms. The SMILES string of the molecule is C=C[C@@H](C(=O)Nc1ccc(/C=C/c2ccc(NC(=O)[C@@H]3C#CCCN3C(O)Cc3ccccn3)cc2)cc1)/C(=C\CCC)C(=O)Cc1ccccn1. The minimum absolute atomic E-state index is 0.111. The fourth-order valence-corrected chi connectivity index (χ4v) is 5.76. The Kier molecular flexibility index (Phi) is 13.5. The first-order chi connectivity index (χ1) is 25.3. The number of nitrogens with one attached hydrogen (secondary N) is 2. The number of carbonyl (C=O) groups is 3. The van der Waals surface area contributed by atoms with E-state index >= 15 is 0 Å². The third kappa shape index (κ3) is 10.5. The maximum atomic E-state index is 13.3. The average molecular weight is 694 g/mol. The molecule has 3 N–H and O–H groups in total. The van der Waals surface area contributed by atoms with Crippen LogP contribution in [0.1, 0.15) is 48.7 Å². The van der Waals surface area contributed by atoms with Crippen molar-refractivity contribution in [3.8, 4) is 11.8 Å². The molecule has 1 aliphatic heterocycles. The Morgan fingerprint density at radius 2 is 1.52 bits per heavy atom. The first-order valence-corrected chi connectivity index (χ1v) is 17.4. The number of amides is 2. The number of Topliss-reactive ketones (excluding diaryl/α,β-unsaturated/α-hetero) is 1. The number of ketones is 1. The van der Waals surface area contributed by atoms with E-state index in [9.17, 15) is 19.5 Å². The van der Waals surface area contributed by atoms with Gasteiger partial charge in [-0.2, -0.15) is 0 Å². The first-order valence-electron chi connectivity index (χ1n) is 17.4. The van der Waals surface area contributed by atoms with E-state index in [-0.39, 0.29) is 24.0 Å². The van der Waals surface area contributed by atoms with Crippen molar-refractivity contribution in [3.63, 3.8) is 0 Å². The number of aliphatic hydroxyl groups is 1. The normalized spacial score (nSPS) is 15.6. The second kappa shape index (κ2) is 18.9. The number of aromatic nitrogens is 2. The van der Waals surface area contributed by atoms with Gasteiger partial charge < -0.3 is 15.7 Å². The van der Waals surface area contributed by atoms with E-state index in [2.05, 4.69) is 39.0 Å². The van der Waals surface area contributed by atoms with E-state index in [1.807, 2.05) is 97.9 Å². The van der Waals surface area contributed by atoms with E-state index in [1.165, 1.54) is 6.08 Å². The first kappa shape index (κ1) is 37.3. The van der Waals surface area contributed by atoms with Crippen LogP contribution in [-0.4, -0.2) is 56.4 Å². The summed E-state index contributed by atoms with van der Waals surface area (Å²) in [4.78, 5) is 50.1. The van der Waals surface area contributed by atoms with Crippen LogP contribution in [0.4, 0.5) is 11.4 Å². The molecule has 1 unspecified atom stereocenters. The highest BCUT2D eigenvalue weighted by molar-refractivity contribution is 6.06. The van der Waals surface area contributed by atoms with Crippen LogP contribution in [0.15, 0.2) is 122 Å². The van der Waals surface area contributed by atoms with Gasteiger partial charge in [0.05, 0.1) is 12.3 Å². The maximum Gasteiger partial charge on any atom is 0.254 e. The van der Waals surface area contributed by atoms with Crippen LogP contribution < -0.4 is 10.6 Å². The van der Waals surface area contributed by atoms with Crippen LogP contribution in [-0.2, 0) is 27.2 Å². The monoisotopic (exact) mass is 693 g/mol. The highest BCUT2D eigenvalue weighted by atomic mass is 16.3. The van der Waals surface area contributed by atoms with E-state index in [0.717, 1.165) is 23.2 Å². The van der Waals surface area contributed by atoms with Gasteiger partial charge in [-0.1, -0.05) is 85.9 Å². The molecule has 0 saturated heterocycles. The lowest BCUT2D eigenvalue weighted by Gasteiger charge is -2.33. The molecule has 2 aromatic carbocycles. The van der Waals surface area contributed by atoms with Gasteiger partial charge in [0.1, 0.15) is 6.23 Å². The molecule has 1 aliphatic rings. The van der Waals surface area contributed by atoms with Crippen LogP contribution >= 0.6 is 0 Å². The van der Waals surface area contributed by atoms with Crippen molar-refractivity contribution >= 4 is 41.1 Å². The summed E-state index contributed by atoms with van der Waals surface area (Å²) in [5.41, 5.74) is 4.89. The van der Waals surface area contributed by atoms with Gasteiger partial charge in [0.25, 0.3) is 5.91 Å². The zero-order valence-electron chi connectivity index (χ0n) is 29.2. The number of hydrogen-bond donors (Lipinski definition) is 3. The van der Waals surface area contributed by atoms with Gasteiger partial charge in [-0.25, -0.2) is 0 Å². The number of benzene rings is 2. The van der Waals surface area contributed by atoms with Gasteiger partial charge in [-0.3, -0.25) is 29.3 Å². The zero-order chi connectivity index (χ0) is 36.7. The number of pyridine rings is 2. The van der Waals surface area contributed by atoms with E-state index < -0.39 is 18.2 Å². The Bertz CT molecular complexity index is 1950. The van der Waals surface area contributed by atoms with Crippen LogP contribution in [0.3, 0.4) is 0 Å². The number of rotatable bonds is 16. The van der Waals surface area contributed by atoms with Gasteiger partial charge in [-0.15, -0.1) is 6.58 Å². The lowest BCUT2D eigenvalue weighted by Crippen LogP contribution is -2.51. The fourth-order valence-electron chi connectivity index (χ4n) is 5.76. The van der Waals surface area contributed by atoms with Crippen molar-refractivity contribution in [2.45, 2.75) is 51.3 Å². The van der Waals surface area contributed by atoms with Gasteiger partial charge in [0.15, 0.2) is 11.8 Å². The largest absolute Gasteiger partial charge is 0.378 e. The van der Waals surface area contributed by atoms with Crippen molar-refractivity contribution in [1.29, 1.82) is 0 Å². The maximum absolute atomic E-state index is 13.3. The number of allylic oxidation sites excluding steroid dienone is 1. The number of anilines is 2. The molecule has 0 fully saturated rings. The molecular weight excluding hydrogens is 651 g/mol. The van der Waals surface area contributed by atoms with Crippen molar-refractivity contribution in [2.75, 3.05) is 17.2 Å². The summed E-state index contributed by atoms with van der Waals surface area (Å²) in [6.07, 6.45) is 12.2. The molecule has 4 aromatic rings. The fraction of sp³-hybridized carbons (Fsp3) is 0.233. The highest BCUT2D eigenvalue weighted by Crippen LogP contribution is 2.22. The predicted octanol–water partition coefficient (Wildman–Crippen LogP) is 6.50. The molecule has 0 aliphatic carbocycles. The number of carbonyl (C=O) groups excluding carboxylic acids is 3. The summed E-state index contributed by atoms with van der Waals surface area (Å²) in [6.45, 7) is 6.36. The van der Waals surface area contributed by atoms with Crippen molar-refractivity contribution in [3.05, 3.63) is 144 Å². The third-order valence-corrected chi connectivity index (χ3v) is 8.54. The van der Waals surface area contributed by atoms with Crippen LogP contribution in [0.2, 0.25) is 0 Å². The van der Waals surface area contributed by atoms with Crippen molar-refractivity contribution < 1.29 is 19.5 Å². The van der Waals surface area contributed by atoms with E-state index in [1.54, 1.807) is 29.4 Å². The van der Waals surface area contributed by atoms with Gasteiger partial charge in [-0.05, 0) is 66.1 Å². The third-order valence-electron chi connectivity index (χ3n) is 8.54. The Morgan fingerprint density at radius 3 is 2.10 bits per heavy atom. The standard InChI is InChI=1S/C43H43N5O4/c1-3-5-14-38(40(49)29-35-12-6-9-26-44-35)37(4-2)42(51)46-33-22-18-31(19-23-33)16-17-32-20-24-34(25-21-32)47-43(52)39-15-8-11-28-48(39)41(50)30-36-13-7-10-27-45-36/h4,6-7,9-10,12-14,16-27,37,39,41,50H,2-3,5,11,28-30H2,1H3,(H,46,51)(H,47,52)/b17-16+,38-14+/t37-,39+,41?/m1/s1. The molecular formula is C43H43N5O4. The summed E-state index contributed by atoms with van der Waals surface area (Å²) in [6, 6.07) is 25.0. The molecule has 2 amide bonds. The molecule has 2 aromatic heterocycles. The predicted molar refractivity (Wildman–Crippen MR) is 206 cm³/mol. The van der Waals surface area contributed by atoms with Crippen molar-refractivity contribution in [2.24, 2.45) is 5.92 Å². The molecule has 9 nitrogen and oxygen atoms in total. The molecule has 52 heavy (non-hydrogen) atoms. The Morgan fingerprint density at radius 1 is 0.904 bits per heavy atom. The second-order valence-corrected chi connectivity index (χ2v) is 12.4. The van der Waals surface area contributed by atoms with Crippen molar-refractivity contribution in [1.82, 2.24) is 14.9 Å². The van der Waals surface area contributed by atoms with Crippen LogP contribution in [0.5, 0.6) is 0 Å². The summed E-state index contributed by atoms with van der Waals surface area (Å²) in [5, 5.41) is 16.7. The summed E-state index contributed by atoms with van der Waals surface area (Å²) >= 11 is 0. The smallest absolute Gasteiger partial charge is 0.254 e. The number of aliphatic hydroxyl groups excluding tert-OH is 1. The Labute approximate surface area is 305 Å². The lowest BCUT2D eigenvalue weighted by molar-refractivity contribution is -0.123. The average Bonchev–Trinajstić information content (AvgIpc) is 3.17. The van der Waals surface area contributed by atoms with E-state index in [4.69, 9.17) is 0 Å². The Hall–Kier alpha value is -5.95. The van der Waals surface area contributed by atoms with Gasteiger partial charge in [0, 0.05) is 60.1 Å². The molecule has 0 saturated carbocycles. The highest BCUT2D eigenvalue weighted by Gasteiger charge is 2.31. The molecule has 264 valence electrons. The molecule has 3 atom stereocenters. The minimum Gasteiger partial charge on any atom is -0.378 e. The lowest BCUT2D eigenvalue weighted by atomic mass is 9.91.